The van der Waals surface area contributed by atoms with Crippen LogP contribution in [0.1, 0.15) is 22.5 Å². The van der Waals surface area contributed by atoms with Gasteiger partial charge in [-0.05, 0) is 62.2 Å². The second-order valence-corrected chi connectivity index (χ2v) is 8.32. The summed E-state index contributed by atoms with van der Waals surface area (Å²) in [6.45, 7) is 4.92. The molecule has 0 saturated carbocycles. The highest BCUT2D eigenvalue weighted by atomic mass is 19.4. The van der Waals surface area contributed by atoms with Gasteiger partial charge in [0.25, 0.3) is 11.7 Å². The van der Waals surface area contributed by atoms with Crippen LogP contribution < -0.4 is 20.2 Å². The zero-order valence-electron chi connectivity index (χ0n) is 19.7. The third-order valence-electron chi connectivity index (χ3n) is 5.34. The summed E-state index contributed by atoms with van der Waals surface area (Å²) in [6.07, 6.45) is -4.99. The molecule has 186 valence electrons. The van der Waals surface area contributed by atoms with E-state index in [4.69, 9.17) is 13.9 Å². The number of hydrogen-bond donors (Lipinski definition) is 1. The van der Waals surface area contributed by atoms with Crippen molar-refractivity contribution in [2.24, 2.45) is 0 Å². The summed E-state index contributed by atoms with van der Waals surface area (Å²) in [7, 11) is 0. The number of carbonyl (C=O) groups is 1. The fourth-order valence-electron chi connectivity index (χ4n) is 3.44. The molecule has 0 radical (unpaired) electrons. The molecule has 1 amide bonds. The lowest BCUT2D eigenvalue weighted by atomic mass is 10.1. The van der Waals surface area contributed by atoms with Crippen LogP contribution in [0, 0.1) is 20.8 Å². The maximum Gasteiger partial charge on any atom is 0.453 e. The normalized spacial score (nSPS) is 11.4. The number of rotatable bonds is 6. The second-order valence-electron chi connectivity index (χ2n) is 8.32. The van der Waals surface area contributed by atoms with Crippen LogP contribution in [0.5, 0.6) is 17.2 Å². The molecule has 0 saturated heterocycles. The minimum absolute atomic E-state index is 0.0565. The molecule has 0 fully saturated rings. The third-order valence-corrected chi connectivity index (χ3v) is 5.34. The van der Waals surface area contributed by atoms with E-state index >= 15 is 0 Å². The van der Waals surface area contributed by atoms with Gasteiger partial charge in [-0.25, -0.2) is 0 Å². The van der Waals surface area contributed by atoms with Gasteiger partial charge in [-0.3, -0.25) is 9.59 Å². The maximum atomic E-state index is 13.8. The van der Waals surface area contributed by atoms with Crippen molar-refractivity contribution in [1.29, 1.82) is 0 Å². The second kappa shape index (κ2) is 9.77. The molecular formula is C27H22F3NO5. The van der Waals surface area contributed by atoms with Crippen molar-refractivity contribution in [3.63, 3.8) is 0 Å². The van der Waals surface area contributed by atoms with Crippen LogP contribution in [0.15, 0.2) is 69.9 Å². The van der Waals surface area contributed by atoms with Gasteiger partial charge in [0.05, 0.1) is 5.39 Å². The van der Waals surface area contributed by atoms with Gasteiger partial charge in [-0.1, -0.05) is 29.8 Å². The molecule has 4 rings (SSSR count). The Morgan fingerprint density at radius 1 is 0.944 bits per heavy atom. The van der Waals surface area contributed by atoms with E-state index in [0.717, 1.165) is 17.2 Å². The Morgan fingerprint density at radius 3 is 2.33 bits per heavy atom. The molecule has 9 heteroatoms. The molecule has 3 aromatic carbocycles. The Bertz CT molecular complexity index is 1490. The van der Waals surface area contributed by atoms with Crippen molar-refractivity contribution in [2.45, 2.75) is 26.9 Å². The summed E-state index contributed by atoms with van der Waals surface area (Å²) in [5.74, 6) is -2.80. The van der Waals surface area contributed by atoms with Crippen molar-refractivity contribution < 1.29 is 31.9 Å². The van der Waals surface area contributed by atoms with E-state index in [0.29, 0.717) is 11.3 Å². The summed E-state index contributed by atoms with van der Waals surface area (Å²) < 4.78 is 57.4. The van der Waals surface area contributed by atoms with Crippen LogP contribution >= 0.6 is 0 Å². The molecule has 1 aromatic heterocycles. The van der Waals surface area contributed by atoms with Gasteiger partial charge < -0.3 is 19.2 Å². The minimum atomic E-state index is -4.99. The van der Waals surface area contributed by atoms with E-state index in [2.05, 4.69) is 5.32 Å². The number of hydrogen-bond acceptors (Lipinski definition) is 5. The number of ether oxygens (including phenoxy) is 2. The summed E-state index contributed by atoms with van der Waals surface area (Å²) in [5.41, 5.74) is 1.58. The van der Waals surface area contributed by atoms with Crippen molar-refractivity contribution in [3.8, 4) is 17.2 Å². The lowest BCUT2D eigenvalue weighted by Crippen LogP contribution is -2.20. The Hall–Kier alpha value is -4.27. The van der Waals surface area contributed by atoms with Crippen LogP contribution in [0.25, 0.3) is 11.0 Å². The fraction of sp³-hybridized carbons (Fsp3) is 0.185. The van der Waals surface area contributed by atoms with Gasteiger partial charge in [0.2, 0.25) is 11.2 Å². The maximum absolute atomic E-state index is 13.8. The van der Waals surface area contributed by atoms with Gasteiger partial charge >= 0.3 is 6.18 Å². The van der Waals surface area contributed by atoms with Gasteiger partial charge in [0.1, 0.15) is 17.1 Å². The number of anilines is 1. The number of carbonyl (C=O) groups excluding carboxylic acids is 1. The Balaban J connectivity index is 1.62. The van der Waals surface area contributed by atoms with E-state index in [-0.39, 0.29) is 22.5 Å². The van der Waals surface area contributed by atoms with E-state index in [1.807, 2.05) is 19.1 Å². The van der Waals surface area contributed by atoms with Crippen LogP contribution in [-0.2, 0) is 11.0 Å². The monoisotopic (exact) mass is 497 g/mol. The molecule has 0 bridgehead atoms. The largest absolute Gasteiger partial charge is 0.484 e. The topological polar surface area (TPSA) is 77.8 Å². The third kappa shape index (κ3) is 5.51. The van der Waals surface area contributed by atoms with E-state index in [1.165, 1.54) is 18.2 Å². The molecule has 0 aliphatic rings. The summed E-state index contributed by atoms with van der Waals surface area (Å²) in [6, 6.07) is 15.9. The predicted molar refractivity (Wildman–Crippen MR) is 129 cm³/mol. The van der Waals surface area contributed by atoms with Gasteiger partial charge in [0.15, 0.2) is 6.61 Å². The molecule has 1 N–H and O–H groups in total. The summed E-state index contributed by atoms with van der Waals surface area (Å²) >= 11 is 0. The molecule has 0 aliphatic carbocycles. The van der Waals surface area contributed by atoms with Crippen LogP contribution in [0.4, 0.5) is 18.9 Å². The predicted octanol–water partition coefficient (Wildman–Crippen LogP) is 6.55. The van der Waals surface area contributed by atoms with E-state index in [1.54, 1.807) is 38.1 Å². The van der Waals surface area contributed by atoms with Crippen molar-refractivity contribution >= 4 is 22.6 Å². The van der Waals surface area contributed by atoms with Gasteiger partial charge in [-0.15, -0.1) is 0 Å². The number of amides is 1. The van der Waals surface area contributed by atoms with Crippen molar-refractivity contribution in [1.82, 2.24) is 0 Å². The van der Waals surface area contributed by atoms with Gasteiger partial charge in [-0.2, -0.15) is 13.2 Å². The Kier molecular flexibility index (Phi) is 6.74. The van der Waals surface area contributed by atoms with Gasteiger partial charge in [0, 0.05) is 11.8 Å². The highest BCUT2D eigenvalue weighted by molar-refractivity contribution is 5.92. The number of halogens is 3. The summed E-state index contributed by atoms with van der Waals surface area (Å²) in [4.78, 5) is 25.2. The van der Waals surface area contributed by atoms with Crippen LogP contribution in [0.2, 0.25) is 0 Å². The average Bonchev–Trinajstić information content (AvgIpc) is 2.82. The summed E-state index contributed by atoms with van der Waals surface area (Å²) in [5, 5.41) is 2.53. The molecule has 1 heterocycles. The zero-order chi connectivity index (χ0) is 26.0. The highest BCUT2D eigenvalue weighted by Crippen LogP contribution is 2.39. The number of alkyl halides is 3. The average molecular weight is 497 g/mol. The first kappa shape index (κ1) is 24.8. The number of fused-ring (bicyclic) bond motifs is 1. The molecule has 36 heavy (non-hydrogen) atoms. The Labute approximate surface area is 204 Å². The molecule has 4 aromatic rings. The molecule has 0 unspecified atom stereocenters. The first-order chi connectivity index (χ1) is 17.0. The minimum Gasteiger partial charge on any atom is -0.484 e. The Morgan fingerprint density at radius 2 is 1.64 bits per heavy atom. The standard InChI is InChI=1S/C27H22F3NO5/c1-15-5-8-18(9-6-15)31-23(32)14-34-19-10-11-20-22(13-19)36-26(27(28,29)30)25(24(20)33)35-21-12-16(2)4-7-17(21)3/h4-13H,14H2,1-3H3,(H,31,32). The quantitative estimate of drug-likeness (QED) is 0.327. The van der Waals surface area contributed by atoms with Crippen LogP contribution in [0.3, 0.4) is 0 Å². The highest BCUT2D eigenvalue weighted by Gasteiger charge is 2.40. The SMILES string of the molecule is Cc1ccc(NC(=O)COc2ccc3c(=O)c(Oc4cc(C)ccc4C)c(C(F)(F)F)oc3c2)cc1. The lowest BCUT2D eigenvalue weighted by Gasteiger charge is -2.15. The van der Waals surface area contributed by atoms with E-state index < -0.39 is 35.6 Å². The molecule has 6 nitrogen and oxygen atoms in total. The number of benzene rings is 3. The molecule has 0 aliphatic heterocycles. The fourth-order valence-corrected chi connectivity index (χ4v) is 3.44. The zero-order valence-corrected chi connectivity index (χ0v) is 19.7. The smallest absolute Gasteiger partial charge is 0.453 e. The van der Waals surface area contributed by atoms with Crippen LogP contribution in [-0.4, -0.2) is 12.5 Å². The first-order valence-electron chi connectivity index (χ1n) is 10.9. The van der Waals surface area contributed by atoms with Crippen molar-refractivity contribution in [2.75, 3.05) is 11.9 Å². The number of nitrogens with one attached hydrogen (secondary N) is 1. The van der Waals surface area contributed by atoms with E-state index in [9.17, 15) is 22.8 Å². The number of aryl methyl sites for hydroxylation is 3. The lowest BCUT2D eigenvalue weighted by molar-refractivity contribution is -0.154. The molecule has 0 spiro atoms. The molecule has 0 atom stereocenters. The van der Waals surface area contributed by atoms with Crippen molar-refractivity contribution in [3.05, 3.63) is 93.3 Å². The first-order valence-corrected chi connectivity index (χ1v) is 10.9. The molecular weight excluding hydrogens is 475 g/mol.